The van der Waals surface area contributed by atoms with Gasteiger partial charge in [0, 0.05) is 18.7 Å². The third-order valence-corrected chi connectivity index (χ3v) is 3.68. The second-order valence-corrected chi connectivity index (χ2v) is 6.25. The van der Waals surface area contributed by atoms with E-state index in [2.05, 4.69) is 0 Å². The molecule has 1 rings (SSSR count). The van der Waals surface area contributed by atoms with Gasteiger partial charge in [0.25, 0.3) is 0 Å². The van der Waals surface area contributed by atoms with Gasteiger partial charge in [0.2, 0.25) is 0 Å². The maximum Gasteiger partial charge on any atom is 0.407 e. The van der Waals surface area contributed by atoms with Crippen molar-refractivity contribution in [3.63, 3.8) is 0 Å². The van der Waals surface area contributed by atoms with Crippen molar-refractivity contribution in [2.45, 2.75) is 46.6 Å². The predicted molar refractivity (Wildman–Crippen MR) is 76.5 cm³/mol. The van der Waals surface area contributed by atoms with Crippen LogP contribution in [0.4, 0.5) is 4.79 Å². The molecule has 1 saturated heterocycles. The fourth-order valence-electron chi connectivity index (χ4n) is 2.62. The summed E-state index contributed by atoms with van der Waals surface area (Å²) >= 11 is 0. The van der Waals surface area contributed by atoms with Crippen molar-refractivity contribution in [2.24, 2.45) is 11.3 Å². The average Bonchev–Trinajstić information content (AvgIpc) is 2.35. The van der Waals surface area contributed by atoms with Crippen LogP contribution >= 0.6 is 0 Å². The van der Waals surface area contributed by atoms with E-state index >= 15 is 0 Å². The molecule has 0 radical (unpaired) electrons. The van der Waals surface area contributed by atoms with Crippen LogP contribution in [-0.4, -0.2) is 41.3 Å². The number of likely N-dealkylation sites (tertiary alicyclic amines) is 1. The Kier molecular flexibility index (Phi) is 5.60. The minimum atomic E-state index is -0.863. The first-order valence-corrected chi connectivity index (χ1v) is 7.10. The van der Waals surface area contributed by atoms with E-state index in [1.807, 2.05) is 26.8 Å². The number of ether oxygens (including phenoxy) is 1. The Morgan fingerprint density at radius 2 is 2.05 bits per heavy atom. The predicted octanol–water partition coefficient (Wildman–Crippen LogP) is 2.91. The normalized spacial score (nSPS) is 23.9. The van der Waals surface area contributed by atoms with Crippen molar-refractivity contribution in [3.8, 4) is 0 Å². The molecule has 0 aromatic rings. The van der Waals surface area contributed by atoms with Gasteiger partial charge in [-0.3, -0.25) is 0 Å². The number of hydrogen-bond donors (Lipinski definition) is 1. The van der Waals surface area contributed by atoms with E-state index in [9.17, 15) is 14.7 Å². The number of hydrogen-bond acceptors (Lipinski definition) is 3. The summed E-state index contributed by atoms with van der Waals surface area (Å²) in [5.41, 5.74) is -0.116. The highest BCUT2D eigenvalue weighted by atomic mass is 16.5. The molecular weight excluding hydrogens is 258 g/mol. The molecule has 0 bridgehead atoms. The molecule has 1 aliphatic heterocycles. The van der Waals surface area contributed by atoms with Crippen LogP contribution < -0.4 is 0 Å². The molecule has 1 heterocycles. The highest BCUT2D eigenvalue weighted by Crippen LogP contribution is 2.35. The smallest absolute Gasteiger partial charge is 0.407 e. The highest BCUT2D eigenvalue weighted by molar-refractivity contribution is 5.81. The summed E-state index contributed by atoms with van der Waals surface area (Å²) in [6.07, 6.45) is 3.94. The molecule has 5 nitrogen and oxygen atoms in total. The number of nitrogens with zero attached hydrogens (tertiary/aromatic N) is 1. The number of carbonyl (C=O) groups excluding carboxylic acids is 1. The van der Waals surface area contributed by atoms with E-state index in [4.69, 9.17) is 4.74 Å². The summed E-state index contributed by atoms with van der Waals surface area (Å²) in [4.78, 5) is 24.1. The summed E-state index contributed by atoms with van der Waals surface area (Å²) in [5, 5.41) is 9.28. The summed E-state index contributed by atoms with van der Waals surface area (Å²) in [5.74, 6) is -0.111. The number of carbonyl (C=O) groups is 2. The van der Waals surface area contributed by atoms with Gasteiger partial charge in [-0.2, -0.15) is 0 Å². The minimum Gasteiger partial charge on any atom is -0.465 e. The Bertz CT molecular complexity index is 384. The number of rotatable bonds is 3. The Balaban J connectivity index is 2.72. The number of carboxylic acid groups (broad SMARTS) is 1. The molecule has 0 saturated carbocycles. The summed E-state index contributed by atoms with van der Waals surface area (Å²) in [6.45, 7) is 8.79. The maximum atomic E-state index is 11.3. The molecule has 5 heteroatoms. The molecular formula is C15H25NO4. The van der Waals surface area contributed by atoms with E-state index in [1.54, 1.807) is 6.92 Å². The third kappa shape index (κ3) is 4.54. The number of piperidine rings is 1. The molecule has 1 amide bonds. The lowest BCUT2D eigenvalue weighted by Gasteiger charge is -2.44. The van der Waals surface area contributed by atoms with Crippen LogP contribution in [0.25, 0.3) is 0 Å². The van der Waals surface area contributed by atoms with Gasteiger partial charge in [0.15, 0.2) is 0 Å². The topological polar surface area (TPSA) is 66.8 Å². The molecule has 1 N–H and O–H groups in total. The summed E-state index contributed by atoms with van der Waals surface area (Å²) in [7, 11) is 0. The molecule has 0 spiro atoms. The lowest BCUT2D eigenvalue weighted by atomic mass is 9.77. The Hall–Kier alpha value is -1.52. The lowest BCUT2D eigenvalue weighted by Crippen LogP contribution is -2.51. The van der Waals surface area contributed by atoms with Crippen molar-refractivity contribution < 1.29 is 19.4 Å². The van der Waals surface area contributed by atoms with Gasteiger partial charge in [-0.25, -0.2) is 9.59 Å². The van der Waals surface area contributed by atoms with Crippen molar-refractivity contribution in [1.82, 2.24) is 4.90 Å². The molecule has 1 aliphatic rings. The Labute approximate surface area is 120 Å². The van der Waals surface area contributed by atoms with Gasteiger partial charge < -0.3 is 14.7 Å². The largest absolute Gasteiger partial charge is 0.465 e. The van der Waals surface area contributed by atoms with Crippen LogP contribution in [0, 0.1) is 11.3 Å². The van der Waals surface area contributed by atoms with Crippen LogP contribution in [-0.2, 0) is 9.53 Å². The van der Waals surface area contributed by atoms with Gasteiger partial charge in [-0.1, -0.05) is 26.8 Å². The second kappa shape index (κ2) is 6.77. The van der Waals surface area contributed by atoms with E-state index in [0.29, 0.717) is 13.2 Å². The fourth-order valence-corrected chi connectivity index (χ4v) is 2.62. The Morgan fingerprint density at radius 1 is 1.40 bits per heavy atom. The zero-order valence-corrected chi connectivity index (χ0v) is 12.8. The Morgan fingerprint density at radius 3 is 2.55 bits per heavy atom. The molecule has 20 heavy (non-hydrogen) atoms. The monoisotopic (exact) mass is 283 g/mol. The van der Waals surface area contributed by atoms with Crippen LogP contribution in [0.3, 0.4) is 0 Å². The first kappa shape index (κ1) is 16.5. The molecule has 0 aromatic heterocycles. The van der Waals surface area contributed by atoms with E-state index < -0.39 is 6.09 Å². The molecule has 0 aliphatic carbocycles. The number of allylic oxidation sites excluding steroid dienone is 1. The van der Waals surface area contributed by atoms with Gasteiger partial charge in [-0.15, -0.1) is 0 Å². The maximum absolute atomic E-state index is 11.3. The van der Waals surface area contributed by atoms with Crippen molar-refractivity contribution in [2.75, 3.05) is 13.2 Å². The van der Waals surface area contributed by atoms with Crippen molar-refractivity contribution in [1.29, 1.82) is 0 Å². The third-order valence-electron chi connectivity index (χ3n) is 3.68. The number of esters is 1. The number of amides is 1. The van der Waals surface area contributed by atoms with Crippen LogP contribution in [0.1, 0.15) is 40.5 Å². The minimum absolute atomic E-state index is 0.0365. The van der Waals surface area contributed by atoms with E-state index in [-0.39, 0.29) is 23.3 Å². The standard InChI is InChI=1S/C15H25NO4/c1-5-20-13(17)7-6-11-8-9-16(14(18)19)12(10-11)15(2,3)4/h6-7,11-12H,5,8-10H2,1-4H3,(H,18,19). The van der Waals surface area contributed by atoms with Crippen molar-refractivity contribution >= 4 is 12.1 Å². The van der Waals surface area contributed by atoms with Gasteiger partial charge in [0.1, 0.15) is 0 Å². The summed E-state index contributed by atoms with van der Waals surface area (Å²) < 4.78 is 4.86. The SMILES string of the molecule is CCOC(=O)C=CC1CCN(C(=O)O)C(C(C)(C)C)C1. The average molecular weight is 283 g/mol. The molecule has 1 fully saturated rings. The lowest BCUT2D eigenvalue weighted by molar-refractivity contribution is -0.137. The highest BCUT2D eigenvalue weighted by Gasteiger charge is 2.37. The van der Waals surface area contributed by atoms with Gasteiger partial charge in [-0.05, 0) is 31.1 Å². The van der Waals surface area contributed by atoms with Gasteiger partial charge in [0.05, 0.1) is 6.61 Å². The molecule has 114 valence electrons. The molecule has 0 aromatic carbocycles. The van der Waals surface area contributed by atoms with Crippen LogP contribution in [0.5, 0.6) is 0 Å². The van der Waals surface area contributed by atoms with Crippen LogP contribution in [0.15, 0.2) is 12.2 Å². The first-order valence-electron chi connectivity index (χ1n) is 7.10. The zero-order chi connectivity index (χ0) is 15.3. The second-order valence-electron chi connectivity index (χ2n) is 6.25. The van der Waals surface area contributed by atoms with E-state index in [0.717, 1.165) is 12.8 Å². The molecule has 2 unspecified atom stereocenters. The summed E-state index contributed by atoms with van der Waals surface area (Å²) in [6, 6.07) is -0.0365. The zero-order valence-electron chi connectivity index (χ0n) is 12.8. The first-order chi connectivity index (χ1) is 9.25. The van der Waals surface area contributed by atoms with Crippen LogP contribution in [0.2, 0.25) is 0 Å². The van der Waals surface area contributed by atoms with Crippen molar-refractivity contribution in [3.05, 3.63) is 12.2 Å². The quantitative estimate of drug-likeness (QED) is 0.639. The fraction of sp³-hybridized carbons (Fsp3) is 0.733. The van der Waals surface area contributed by atoms with E-state index in [1.165, 1.54) is 11.0 Å². The molecule has 2 atom stereocenters. The van der Waals surface area contributed by atoms with Gasteiger partial charge >= 0.3 is 12.1 Å².